The Morgan fingerprint density at radius 1 is 1.14 bits per heavy atom. The van der Waals surface area contributed by atoms with Gasteiger partial charge in [-0.05, 0) is 29.3 Å². The topological polar surface area (TPSA) is 21.3 Å². The molecular formula is C17H20ClNOS. The predicted molar refractivity (Wildman–Crippen MR) is 91.0 cm³/mol. The lowest BCUT2D eigenvalue weighted by Gasteiger charge is -2.11. The zero-order valence-corrected chi connectivity index (χ0v) is 13.7. The molecule has 0 spiro atoms. The van der Waals surface area contributed by atoms with Crippen molar-refractivity contribution in [1.29, 1.82) is 0 Å². The van der Waals surface area contributed by atoms with Crippen LogP contribution in [0.1, 0.15) is 11.1 Å². The van der Waals surface area contributed by atoms with Crippen LogP contribution >= 0.6 is 23.4 Å². The summed E-state index contributed by atoms with van der Waals surface area (Å²) in [4.78, 5) is 1.27. The molecule has 0 saturated heterocycles. The van der Waals surface area contributed by atoms with E-state index in [9.17, 15) is 0 Å². The van der Waals surface area contributed by atoms with Gasteiger partial charge in [0.1, 0.15) is 0 Å². The summed E-state index contributed by atoms with van der Waals surface area (Å²) in [6.07, 6.45) is 0. The fourth-order valence-corrected chi connectivity index (χ4v) is 3.15. The fraction of sp³-hybridized carbons (Fsp3) is 0.294. The van der Waals surface area contributed by atoms with Gasteiger partial charge in [0.15, 0.2) is 0 Å². The maximum atomic E-state index is 6.11. The summed E-state index contributed by atoms with van der Waals surface area (Å²) in [7, 11) is 1.71. The van der Waals surface area contributed by atoms with Gasteiger partial charge in [0.05, 0.1) is 6.61 Å². The van der Waals surface area contributed by atoms with Crippen LogP contribution in [0.15, 0.2) is 53.4 Å². The minimum atomic E-state index is 0.715. The smallest absolute Gasteiger partial charge is 0.0587 e. The number of ether oxygens (including phenoxy) is 1. The Balaban J connectivity index is 1.97. The van der Waals surface area contributed by atoms with Gasteiger partial charge in [0.25, 0.3) is 0 Å². The van der Waals surface area contributed by atoms with Gasteiger partial charge in [0, 0.05) is 35.9 Å². The van der Waals surface area contributed by atoms with Crippen LogP contribution in [0.3, 0.4) is 0 Å². The molecule has 0 aromatic heterocycles. The number of benzene rings is 2. The zero-order chi connectivity index (χ0) is 14.9. The maximum Gasteiger partial charge on any atom is 0.0587 e. The second kappa shape index (κ2) is 9.11. The first-order chi connectivity index (χ1) is 10.3. The van der Waals surface area contributed by atoms with E-state index in [2.05, 4.69) is 35.6 Å². The standard InChI is InChI=1S/C17H20ClNOS/c1-20-10-9-19-12-15-11-16(18)7-8-17(15)21-13-14-5-3-2-4-6-14/h2-8,11,19H,9-10,12-13H2,1H3. The van der Waals surface area contributed by atoms with E-state index >= 15 is 0 Å². The summed E-state index contributed by atoms with van der Waals surface area (Å²) < 4.78 is 5.05. The molecule has 0 aliphatic carbocycles. The van der Waals surface area contributed by atoms with Gasteiger partial charge in [0.2, 0.25) is 0 Å². The quantitative estimate of drug-likeness (QED) is 0.576. The van der Waals surface area contributed by atoms with Gasteiger partial charge >= 0.3 is 0 Å². The van der Waals surface area contributed by atoms with Crippen LogP contribution in [0.5, 0.6) is 0 Å². The van der Waals surface area contributed by atoms with Crippen molar-refractivity contribution in [2.24, 2.45) is 0 Å². The van der Waals surface area contributed by atoms with Gasteiger partial charge in [-0.1, -0.05) is 41.9 Å². The highest BCUT2D eigenvalue weighted by Crippen LogP contribution is 2.28. The lowest BCUT2D eigenvalue weighted by atomic mass is 10.2. The Labute approximate surface area is 135 Å². The number of rotatable bonds is 8. The number of hydrogen-bond acceptors (Lipinski definition) is 3. The third kappa shape index (κ3) is 5.71. The average molecular weight is 322 g/mol. The van der Waals surface area contributed by atoms with E-state index in [1.54, 1.807) is 7.11 Å². The van der Waals surface area contributed by atoms with E-state index in [-0.39, 0.29) is 0 Å². The molecule has 0 amide bonds. The summed E-state index contributed by atoms with van der Waals surface area (Å²) in [6, 6.07) is 16.6. The van der Waals surface area contributed by atoms with Crippen LogP contribution in [-0.4, -0.2) is 20.3 Å². The molecule has 0 fully saturated rings. The van der Waals surface area contributed by atoms with Gasteiger partial charge in [-0.2, -0.15) is 0 Å². The molecule has 0 bridgehead atoms. The van der Waals surface area contributed by atoms with Crippen LogP contribution in [0, 0.1) is 0 Å². The fourth-order valence-electron chi connectivity index (χ4n) is 1.96. The predicted octanol–water partition coefficient (Wildman–Crippen LogP) is 4.37. The number of methoxy groups -OCH3 is 1. The first-order valence-electron chi connectivity index (χ1n) is 6.94. The van der Waals surface area contributed by atoms with E-state index in [4.69, 9.17) is 16.3 Å². The largest absolute Gasteiger partial charge is 0.383 e. The van der Waals surface area contributed by atoms with Crippen molar-refractivity contribution in [3.63, 3.8) is 0 Å². The highest BCUT2D eigenvalue weighted by atomic mass is 35.5. The lowest BCUT2D eigenvalue weighted by Crippen LogP contribution is -2.18. The monoisotopic (exact) mass is 321 g/mol. The summed E-state index contributed by atoms with van der Waals surface area (Å²) in [5, 5.41) is 4.15. The van der Waals surface area contributed by atoms with Gasteiger partial charge in [-0.25, -0.2) is 0 Å². The molecule has 0 heterocycles. The van der Waals surface area contributed by atoms with Gasteiger partial charge in [-0.3, -0.25) is 0 Å². The molecule has 2 nitrogen and oxygen atoms in total. The molecule has 0 aliphatic rings. The van der Waals surface area contributed by atoms with E-state index < -0.39 is 0 Å². The molecule has 0 saturated carbocycles. The Morgan fingerprint density at radius 3 is 2.71 bits per heavy atom. The zero-order valence-electron chi connectivity index (χ0n) is 12.1. The molecule has 0 radical (unpaired) electrons. The highest BCUT2D eigenvalue weighted by Gasteiger charge is 2.05. The Hall–Kier alpha value is -1.00. The van der Waals surface area contributed by atoms with Crippen molar-refractivity contribution in [2.45, 2.75) is 17.2 Å². The summed E-state index contributed by atoms with van der Waals surface area (Å²) in [6.45, 7) is 2.36. The van der Waals surface area contributed by atoms with E-state index in [0.717, 1.165) is 23.9 Å². The summed E-state index contributed by atoms with van der Waals surface area (Å²) >= 11 is 7.96. The maximum absolute atomic E-state index is 6.11. The first kappa shape index (κ1) is 16.4. The third-order valence-electron chi connectivity index (χ3n) is 3.06. The second-order valence-electron chi connectivity index (χ2n) is 4.70. The molecule has 21 heavy (non-hydrogen) atoms. The summed E-state index contributed by atoms with van der Waals surface area (Å²) in [5.41, 5.74) is 2.57. The summed E-state index contributed by atoms with van der Waals surface area (Å²) in [5.74, 6) is 0.966. The molecule has 2 aromatic carbocycles. The number of halogens is 1. The minimum Gasteiger partial charge on any atom is -0.383 e. The highest BCUT2D eigenvalue weighted by molar-refractivity contribution is 7.98. The molecular weight excluding hydrogens is 302 g/mol. The Bertz CT molecular complexity index is 548. The van der Waals surface area contributed by atoms with Crippen molar-refractivity contribution in [2.75, 3.05) is 20.3 Å². The molecule has 2 rings (SSSR count). The first-order valence-corrected chi connectivity index (χ1v) is 8.31. The van der Waals surface area contributed by atoms with Crippen LogP contribution < -0.4 is 5.32 Å². The number of hydrogen-bond donors (Lipinski definition) is 1. The second-order valence-corrected chi connectivity index (χ2v) is 6.15. The van der Waals surface area contributed by atoms with Crippen molar-refractivity contribution in [3.8, 4) is 0 Å². The molecule has 0 unspecified atom stereocenters. The van der Waals surface area contributed by atoms with Crippen LogP contribution in [0.2, 0.25) is 5.02 Å². The Morgan fingerprint density at radius 2 is 1.95 bits per heavy atom. The molecule has 112 valence electrons. The number of thioether (sulfide) groups is 1. The molecule has 1 N–H and O–H groups in total. The van der Waals surface area contributed by atoms with E-state index in [1.165, 1.54) is 16.0 Å². The van der Waals surface area contributed by atoms with Crippen molar-refractivity contribution < 1.29 is 4.74 Å². The van der Waals surface area contributed by atoms with Crippen molar-refractivity contribution >= 4 is 23.4 Å². The SMILES string of the molecule is COCCNCc1cc(Cl)ccc1SCc1ccccc1. The van der Waals surface area contributed by atoms with Crippen LogP contribution in [0.4, 0.5) is 0 Å². The third-order valence-corrected chi connectivity index (χ3v) is 4.48. The number of nitrogens with one attached hydrogen (secondary N) is 1. The van der Waals surface area contributed by atoms with Crippen LogP contribution in [-0.2, 0) is 17.0 Å². The minimum absolute atomic E-state index is 0.715. The lowest BCUT2D eigenvalue weighted by molar-refractivity contribution is 0.199. The van der Waals surface area contributed by atoms with Crippen molar-refractivity contribution in [3.05, 3.63) is 64.7 Å². The molecule has 2 aromatic rings. The van der Waals surface area contributed by atoms with Crippen LogP contribution in [0.25, 0.3) is 0 Å². The average Bonchev–Trinajstić information content (AvgIpc) is 2.52. The van der Waals surface area contributed by atoms with E-state index in [0.29, 0.717) is 6.61 Å². The molecule has 0 atom stereocenters. The Kier molecular flexibility index (Phi) is 7.10. The normalized spacial score (nSPS) is 10.8. The van der Waals surface area contributed by atoms with Gasteiger partial charge in [-0.15, -0.1) is 11.8 Å². The molecule has 0 aliphatic heterocycles. The van der Waals surface area contributed by atoms with E-state index in [1.807, 2.05) is 30.0 Å². The molecule has 4 heteroatoms. The van der Waals surface area contributed by atoms with Crippen molar-refractivity contribution in [1.82, 2.24) is 5.32 Å². The van der Waals surface area contributed by atoms with Gasteiger partial charge < -0.3 is 10.1 Å².